The maximum atomic E-state index is 9.00. The standard InChI is InChI=1S/C10H18O3/c1-7-5-10(8(2)12-7)4-3-9(6-11)13-10/h7-9,11H,3-6H2,1-2H3/t7-,8+,9+,10-/m1/s1. The van der Waals surface area contributed by atoms with E-state index in [-0.39, 0.29) is 24.4 Å². The molecule has 0 aromatic carbocycles. The van der Waals surface area contributed by atoms with Gasteiger partial charge in [0.2, 0.25) is 0 Å². The summed E-state index contributed by atoms with van der Waals surface area (Å²) >= 11 is 0. The largest absolute Gasteiger partial charge is 0.394 e. The molecule has 2 aliphatic heterocycles. The van der Waals surface area contributed by atoms with Gasteiger partial charge in [-0.2, -0.15) is 0 Å². The molecule has 2 fully saturated rings. The molecular weight excluding hydrogens is 168 g/mol. The molecule has 1 spiro atoms. The molecule has 0 amide bonds. The molecular formula is C10H18O3. The predicted molar refractivity (Wildman–Crippen MR) is 48.5 cm³/mol. The maximum Gasteiger partial charge on any atom is 0.0970 e. The summed E-state index contributed by atoms with van der Waals surface area (Å²) in [7, 11) is 0. The van der Waals surface area contributed by atoms with Gasteiger partial charge in [0.25, 0.3) is 0 Å². The van der Waals surface area contributed by atoms with Gasteiger partial charge < -0.3 is 14.6 Å². The zero-order chi connectivity index (χ0) is 9.47. The van der Waals surface area contributed by atoms with Crippen LogP contribution in [0.15, 0.2) is 0 Å². The zero-order valence-electron chi connectivity index (χ0n) is 8.32. The minimum Gasteiger partial charge on any atom is -0.394 e. The third kappa shape index (κ3) is 1.49. The van der Waals surface area contributed by atoms with Crippen LogP contribution in [0.5, 0.6) is 0 Å². The summed E-state index contributed by atoms with van der Waals surface area (Å²) in [5, 5.41) is 9.00. The first kappa shape index (κ1) is 9.44. The predicted octanol–water partition coefficient (Wildman–Crippen LogP) is 1.09. The van der Waals surface area contributed by atoms with Crippen LogP contribution in [-0.2, 0) is 9.47 Å². The molecule has 3 nitrogen and oxygen atoms in total. The van der Waals surface area contributed by atoms with Crippen molar-refractivity contribution < 1.29 is 14.6 Å². The highest BCUT2D eigenvalue weighted by Gasteiger charge is 2.50. The van der Waals surface area contributed by atoms with E-state index in [4.69, 9.17) is 14.6 Å². The van der Waals surface area contributed by atoms with Gasteiger partial charge in [-0.15, -0.1) is 0 Å². The Labute approximate surface area is 79.0 Å². The van der Waals surface area contributed by atoms with Crippen molar-refractivity contribution in [2.45, 2.75) is 57.0 Å². The molecule has 1 N–H and O–H groups in total. The van der Waals surface area contributed by atoms with Gasteiger partial charge in [-0.1, -0.05) is 0 Å². The molecule has 76 valence electrons. The van der Waals surface area contributed by atoms with Crippen LogP contribution < -0.4 is 0 Å². The molecule has 2 saturated heterocycles. The Kier molecular flexibility index (Phi) is 2.34. The summed E-state index contributed by atoms with van der Waals surface area (Å²) in [6.45, 7) is 4.30. The quantitative estimate of drug-likeness (QED) is 0.666. The first-order valence-electron chi connectivity index (χ1n) is 5.10. The Morgan fingerprint density at radius 3 is 2.69 bits per heavy atom. The molecule has 0 aromatic rings. The van der Waals surface area contributed by atoms with Gasteiger partial charge in [-0.25, -0.2) is 0 Å². The van der Waals surface area contributed by atoms with Crippen LogP contribution in [0.3, 0.4) is 0 Å². The second-order valence-corrected chi connectivity index (χ2v) is 4.32. The van der Waals surface area contributed by atoms with E-state index < -0.39 is 0 Å². The van der Waals surface area contributed by atoms with E-state index in [1.165, 1.54) is 0 Å². The van der Waals surface area contributed by atoms with Crippen molar-refractivity contribution in [3.63, 3.8) is 0 Å². The van der Waals surface area contributed by atoms with Gasteiger partial charge >= 0.3 is 0 Å². The fourth-order valence-electron chi connectivity index (χ4n) is 2.61. The lowest BCUT2D eigenvalue weighted by Gasteiger charge is -2.27. The normalized spacial score (nSPS) is 50.5. The van der Waals surface area contributed by atoms with Crippen LogP contribution in [0.1, 0.15) is 33.1 Å². The number of hydrogen-bond donors (Lipinski definition) is 1. The first-order chi connectivity index (χ1) is 6.16. The Bertz CT molecular complexity index is 195. The SMILES string of the molecule is C[C@@H]1C[C@]2(CC[C@@H](CO)O2)[C@H](C)O1. The summed E-state index contributed by atoms with van der Waals surface area (Å²) in [6, 6.07) is 0. The van der Waals surface area contributed by atoms with Gasteiger partial charge in [-0.05, 0) is 26.7 Å². The molecule has 13 heavy (non-hydrogen) atoms. The van der Waals surface area contributed by atoms with E-state index in [1.54, 1.807) is 0 Å². The van der Waals surface area contributed by atoms with Crippen LogP contribution in [0, 0.1) is 0 Å². The Morgan fingerprint density at radius 1 is 1.46 bits per heavy atom. The third-order valence-electron chi connectivity index (χ3n) is 3.30. The summed E-state index contributed by atoms with van der Waals surface area (Å²) < 4.78 is 11.6. The zero-order valence-corrected chi connectivity index (χ0v) is 8.32. The monoisotopic (exact) mass is 186 g/mol. The molecule has 0 unspecified atom stereocenters. The molecule has 2 aliphatic rings. The van der Waals surface area contributed by atoms with Crippen molar-refractivity contribution >= 4 is 0 Å². The average Bonchev–Trinajstić information content (AvgIpc) is 2.59. The van der Waals surface area contributed by atoms with Gasteiger partial charge in [0, 0.05) is 6.42 Å². The fourth-order valence-corrected chi connectivity index (χ4v) is 2.61. The minimum atomic E-state index is -0.0905. The van der Waals surface area contributed by atoms with Gasteiger partial charge in [0.05, 0.1) is 30.5 Å². The van der Waals surface area contributed by atoms with Gasteiger partial charge in [0.15, 0.2) is 0 Å². The second kappa shape index (κ2) is 3.23. The smallest absolute Gasteiger partial charge is 0.0970 e. The van der Waals surface area contributed by atoms with E-state index in [1.807, 2.05) is 0 Å². The lowest BCUT2D eigenvalue weighted by atomic mass is 9.91. The molecule has 2 rings (SSSR count). The number of hydrogen-bond acceptors (Lipinski definition) is 3. The summed E-state index contributed by atoms with van der Waals surface area (Å²) in [5.41, 5.74) is -0.0905. The second-order valence-electron chi connectivity index (χ2n) is 4.32. The first-order valence-corrected chi connectivity index (χ1v) is 5.10. The van der Waals surface area contributed by atoms with E-state index in [0.29, 0.717) is 6.10 Å². The van der Waals surface area contributed by atoms with E-state index in [0.717, 1.165) is 19.3 Å². The molecule has 0 aliphatic carbocycles. The number of aliphatic hydroxyl groups excluding tert-OH is 1. The Morgan fingerprint density at radius 2 is 2.23 bits per heavy atom. The highest BCUT2D eigenvalue weighted by Crippen LogP contribution is 2.43. The van der Waals surface area contributed by atoms with Crippen LogP contribution >= 0.6 is 0 Å². The molecule has 0 aromatic heterocycles. The summed E-state index contributed by atoms with van der Waals surface area (Å²) in [4.78, 5) is 0. The Balaban J connectivity index is 2.06. The molecule has 4 atom stereocenters. The van der Waals surface area contributed by atoms with Crippen molar-refractivity contribution in [1.29, 1.82) is 0 Å². The molecule has 0 saturated carbocycles. The molecule has 3 heteroatoms. The van der Waals surface area contributed by atoms with E-state index in [2.05, 4.69) is 13.8 Å². The van der Waals surface area contributed by atoms with Crippen molar-refractivity contribution in [3.8, 4) is 0 Å². The highest BCUT2D eigenvalue weighted by molar-refractivity contribution is 4.99. The Hall–Kier alpha value is -0.120. The molecule has 0 bridgehead atoms. The van der Waals surface area contributed by atoms with E-state index in [9.17, 15) is 0 Å². The minimum absolute atomic E-state index is 0.0383. The molecule has 0 radical (unpaired) electrons. The maximum absolute atomic E-state index is 9.00. The van der Waals surface area contributed by atoms with Crippen molar-refractivity contribution in [1.82, 2.24) is 0 Å². The topological polar surface area (TPSA) is 38.7 Å². The van der Waals surface area contributed by atoms with Crippen molar-refractivity contribution in [3.05, 3.63) is 0 Å². The highest BCUT2D eigenvalue weighted by atomic mass is 16.6. The number of ether oxygens (including phenoxy) is 2. The van der Waals surface area contributed by atoms with Crippen LogP contribution in [0.25, 0.3) is 0 Å². The lowest BCUT2D eigenvalue weighted by Crippen LogP contribution is -2.36. The van der Waals surface area contributed by atoms with Crippen molar-refractivity contribution in [2.24, 2.45) is 0 Å². The number of rotatable bonds is 1. The number of aliphatic hydroxyl groups is 1. The van der Waals surface area contributed by atoms with E-state index >= 15 is 0 Å². The summed E-state index contributed by atoms with van der Waals surface area (Å²) in [6.07, 6.45) is 3.49. The van der Waals surface area contributed by atoms with Gasteiger partial charge in [-0.3, -0.25) is 0 Å². The fraction of sp³-hybridized carbons (Fsp3) is 1.00. The summed E-state index contributed by atoms with van der Waals surface area (Å²) in [5.74, 6) is 0. The average molecular weight is 186 g/mol. The molecule has 2 heterocycles. The van der Waals surface area contributed by atoms with Crippen molar-refractivity contribution in [2.75, 3.05) is 6.61 Å². The lowest BCUT2D eigenvalue weighted by molar-refractivity contribution is -0.0918. The third-order valence-corrected chi connectivity index (χ3v) is 3.30. The van der Waals surface area contributed by atoms with Gasteiger partial charge in [0.1, 0.15) is 0 Å². The van der Waals surface area contributed by atoms with Crippen LogP contribution in [-0.4, -0.2) is 35.6 Å². The van der Waals surface area contributed by atoms with Crippen LogP contribution in [0.2, 0.25) is 0 Å². The van der Waals surface area contributed by atoms with Crippen LogP contribution in [0.4, 0.5) is 0 Å².